The van der Waals surface area contributed by atoms with Crippen LogP contribution in [0.25, 0.3) is 33.1 Å². The summed E-state index contributed by atoms with van der Waals surface area (Å²) < 4.78 is 15.6. The molecular formula is C64H74FN15O6. The van der Waals surface area contributed by atoms with Gasteiger partial charge in [-0.25, -0.2) is 14.0 Å². The smallest absolute Gasteiger partial charge is 0.330 e. The summed E-state index contributed by atoms with van der Waals surface area (Å²) in [5, 5.41) is 27.7. The van der Waals surface area contributed by atoms with Crippen LogP contribution in [0.15, 0.2) is 144 Å². The van der Waals surface area contributed by atoms with E-state index in [0.717, 1.165) is 174 Å². The molecule has 0 unspecified atom stereocenters. The molecular weight excluding hydrogens is 1090 g/mol. The van der Waals surface area contributed by atoms with Gasteiger partial charge in [-0.15, -0.1) is 0 Å². The van der Waals surface area contributed by atoms with E-state index in [-0.39, 0.29) is 41.5 Å². The lowest BCUT2D eigenvalue weighted by molar-refractivity contribution is 0.0942. The number of hydrogen-bond acceptors (Lipinski definition) is 14. The quantitative estimate of drug-likeness (QED) is 0.0832. The van der Waals surface area contributed by atoms with Gasteiger partial charge in [0.2, 0.25) is 0 Å². The van der Waals surface area contributed by atoms with Crippen molar-refractivity contribution in [1.82, 2.24) is 65.5 Å². The third-order valence-electron chi connectivity index (χ3n) is 15.7. The molecule has 0 bridgehead atoms. The van der Waals surface area contributed by atoms with Crippen molar-refractivity contribution >= 4 is 62.2 Å². The maximum atomic E-state index is 12.5. The van der Waals surface area contributed by atoms with Gasteiger partial charge in [0.15, 0.2) is 0 Å². The fourth-order valence-electron chi connectivity index (χ4n) is 10.3. The second-order valence-electron chi connectivity index (χ2n) is 22.4. The molecule has 15 rings (SSSR count). The predicted molar refractivity (Wildman–Crippen MR) is 332 cm³/mol. The average molecular weight is 1170 g/mol. The second-order valence-corrected chi connectivity index (χ2v) is 22.4. The summed E-state index contributed by atoms with van der Waals surface area (Å²) in [6, 6.07) is 33.8. The van der Waals surface area contributed by atoms with Gasteiger partial charge in [0.05, 0.1) is 28.7 Å². The highest BCUT2D eigenvalue weighted by Crippen LogP contribution is 2.24. The van der Waals surface area contributed by atoms with Crippen LogP contribution in [0.5, 0.6) is 0 Å². The molecule has 0 spiro atoms. The van der Waals surface area contributed by atoms with Crippen LogP contribution in [0, 0.1) is 5.82 Å². The van der Waals surface area contributed by atoms with Crippen LogP contribution in [-0.4, -0.2) is 153 Å². The number of aromatic amines is 2. The monoisotopic (exact) mass is 1170 g/mol. The van der Waals surface area contributed by atoms with E-state index in [2.05, 4.69) is 66.5 Å². The maximum Gasteiger partial charge on any atom is 0.330 e. The average Bonchev–Trinajstić information content (AvgIpc) is 3.87. The molecule has 3 saturated heterocycles. The minimum absolute atomic E-state index is 0.0249. The van der Waals surface area contributed by atoms with Crippen molar-refractivity contribution < 1.29 is 23.9 Å². The van der Waals surface area contributed by atoms with Crippen LogP contribution < -0.4 is 53.1 Å². The summed E-state index contributed by atoms with van der Waals surface area (Å²) in [5.74, 6) is -0.341. The van der Waals surface area contributed by atoms with Gasteiger partial charge in [-0.2, -0.15) is 0 Å². The number of aliphatic hydroxyl groups excluding tert-OH is 1. The molecule has 3 amide bonds. The molecule has 0 atom stereocenters. The van der Waals surface area contributed by atoms with Crippen molar-refractivity contribution in [1.29, 1.82) is 0 Å². The van der Waals surface area contributed by atoms with E-state index in [1.54, 1.807) is 35.1 Å². The Balaban J connectivity index is 0.000000123. The Morgan fingerprint density at radius 3 is 1.33 bits per heavy atom. The van der Waals surface area contributed by atoms with E-state index >= 15 is 0 Å². The van der Waals surface area contributed by atoms with Crippen LogP contribution >= 0.6 is 0 Å². The minimum Gasteiger partial charge on any atom is -0.392 e. The summed E-state index contributed by atoms with van der Waals surface area (Å²) in [5.41, 5.74) is 10.3. The number of amides is 3. The van der Waals surface area contributed by atoms with Crippen molar-refractivity contribution in [2.24, 2.45) is 0 Å². The molecule has 9 aromatic rings. The third kappa shape index (κ3) is 15.7. The number of nitrogens with one attached hydrogen (secondary N) is 8. The van der Waals surface area contributed by atoms with Gasteiger partial charge in [-0.05, 0) is 159 Å². The van der Waals surface area contributed by atoms with Gasteiger partial charge in [-0.3, -0.25) is 38.1 Å². The van der Waals surface area contributed by atoms with Crippen LogP contribution in [-0.2, 0) is 13.2 Å². The molecule has 9 heterocycles. The maximum absolute atomic E-state index is 12.5. The molecule has 21 nitrogen and oxygen atoms in total. The molecule has 9 N–H and O–H groups in total. The Bertz CT molecular complexity index is 3860. The third-order valence-corrected chi connectivity index (χ3v) is 15.7. The Labute approximate surface area is 496 Å². The van der Waals surface area contributed by atoms with Crippen molar-refractivity contribution in [2.75, 3.05) is 88.3 Å². The molecule has 6 aliphatic rings. The summed E-state index contributed by atoms with van der Waals surface area (Å²) in [6.07, 6.45) is 13.5. The number of carbonyl (C=O) groups excluding carboxylic acids is 3. The molecule has 86 heavy (non-hydrogen) atoms. The molecule has 3 saturated carbocycles. The molecule has 3 aliphatic heterocycles. The van der Waals surface area contributed by atoms with E-state index in [1.165, 1.54) is 34.4 Å². The SMILES string of the molecule is C1CNCCN1.O=C(NC1CC1)c1ccc(F)cc1.O=C(NC1CC1)c1ccc(N2CCN(Cc3cnc4c(c3)[nH]c(=O)n3cccc43)CC2)cc1.O=C(NC1CC1)c1ccc(N2CCNCC2)cc1.O=c1[nH]c2cc(CO)cnc2c2cccn12. The number of nitrogens with zero attached hydrogens (tertiary/aromatic N) is 7. The van der Waals surface area contributed by atoms with Gasteiger partial charge in [0, 0.05) is 156 Å². The molecule has 22 heteroatoms. The zero-order valence-electron chi connectivity index (χ0n) is 48.1. The first-order chi connectivity index (χ1) is 42.0. The normalized spacial score (nSPS) is 16.8. The Hall–Kier alpha value is -8.80. The lowest BCUT2D eigenvalue weighted by Gasteiger charge is -2.36. The first-order valence-electron chi connectivity index (χ1n) is 29.8. The number of rotatable bonds is 11. The highest BCUT2D eigenvalue weighted by Gasteiger charge is 2.26. The number of pyridine rings is 2. The van der Waals surface area contributed by atoms with Crippen molar-refractivity contribution in [3.8, 4) is 0 Å². The number of halogens is 1. The number of piperazine rings is 3. The highest BCUT2D eigenvalue weighted by atomic mass is 19.1. The molecule has 3 aliphatic carbocycles. The van der Waals surface area contributed by atoms with Crippen molar-refractivity contribution in [3.63, 3.8) is 0 Å². The number of hydrogen-bond donors (Lipinski definition) is 9. The van der Waals surface area contributed by atoms with E-state index in [9.17, 15) is 28.4 Å². The fraction of sp³-hybridized carbons (Fsp3) is 0.359. The van der Waals surface area contributed by atoms with Crippen LogP contribution in [0.2, 0.25) is 0 Å². The first-order valence-corrected chi connectivity index (χ1v) is 29.8. The molecule has 3 aromatic carbocycles. The first kappa shape index (κ1) is 59.0. The van der Waals surface area contributed by atoms with Crippen molar-refractivity contribution in [2.45, 2.75) is 69.8 Å². The van der Waals surface area contributed by atoms with Crippen molar-refractivity contribution in [3.05, 3.63) is 189 Å². The van der Waals surface area contributed by atoms with E-state index in [4.69, 9.17) is 5.11 Å². The van der Waals surface area contributed by atoms with Gasteiger partial charge < -0.3 is 56.8 Å². The number of aliphatic hydroxyl groups is 1. The van der Waals surface area contributed by atoms with Gasteiger partial charge in [0.25, 0.3) is 17.7 Å². The van der Waals surface area contributed by atoms with Crippen LogP contribution in [0.4, 0.5) is 15.8 Å². The number of benzene rings is 3. The summed E-state index contributed by atoms with van der Waals surface area (Å²) in [4.78, 5) is 81.0. The summed E-state index contributed by atoms with van der Waals surface area (Å²) in [6.45, 7) is 13.1. The van der Waals surface area contributed by atoms with Gasteiger partial charge >= 0.3 is 11.4 Å². The lowest BCUT2D eigenvalue weighted by Crippen LogP contribution is -2.46. The number of fused-ring (bicyclic) bond motifs is 6. The van der Waals surface area contributed by atoms with Gasteiger partial charge in [0.1, 0.15) is 16.9 Å². The van der Waals surface area contributed by atoms with Gasteiger partial charge in [-0.1, -0.05) is 0 Å². The zero-order valence-corrected chi connectivity index (χ0v) is 48.1. The fourth-order valence-corrected chi connectivity index (χ4v) is 10.3. The summed E-state index contributed by atoms with van der Waals surface area (Å²) in [7, 11) is 0. The highest BCUT2D eigenvalue weighted by molar-refractivity contribution is 5.96. The summed E-state index contributed by atoms with van der Waals surface area (Å²) >= 11 is 0. The minimum atomic E-state index is -0.317. The second kappa shape index (κ2) is 27.9. The zero-order chi connectivity index (χ0) is 59.4. The predicted octanol–water partition coefficient (Wildman–Crippen LogP) is 4.94. The molecule has 6 aromatic heterocycles. The van der Waals surface area contributed by atoms with E-state index in [0.29, 0.717) is 34.8 Å². The topological polar surface area (TPSA) is 254 Å². The molecule has 448 valence electrons. The number of anilines is 2. The largest absolute Gasteiger partial charge is 0.392 e. The lowest BCUT2D eigenvalue weighted by atomic mass is 10.1. The number of aromatic nitrogens is 6. The Morgan fingerprint density at radius 1 is 0.512 bits per heavy atom. The number of H-pyrrole nitrogens is 2. The standard InChI is InChI=1S/C25H26N6O2.C14H19N3O.C11H9N3O2.C10H10FNO.C4H10N2/c32-24(27-19-5-6-19)18-3-7-20(8-4-18)30-12-10-29(11-13-30)16-17-14-21-23(26-15-17)22-2-1-9-31(22)25(33)28-21;18-14(16-12-3-4-12)11-1-5-13(6-2-11)17-9-7-15-8-10-17;15-6-7-4-8-10(12-5-7)9-2-1-3-14(9)11(16)13-8;11-8-3-1-7(2-4-8)10(13)12-9-5-6-9;1-2-6-4-3-5-1/h1-4,7-9,14-15,19H,5-6,10-13,16H2,(H,27,32)(H,28,33);1-2,5-6,12,15H,3-4,7-10H2,(H,16,18);1-5,15H,6H2,(H,13,16);1-4,9H,5-6H2,(H,12,13);5-6H,1-4H2. The van der Waals surface area contributed by atoms with E-state index < -0.39 is 0 Å². The number of carbonyl (C=O) groups is 3. The van der Waals surface area contributed by atoms with E-state index in [1.807, 2.05) is 79.0 Å². The van der Waals surface area contributed by atoms with Crippen LogP contribution in [0.3, 0.4) is 0 Å². The molecule has 0 radical (unpaired) electrons. The molecule has 6 fully saturated rings. The van der Waals surface area contributed by atoms with Crippen LogP contribution in [0.1, 0.15) is 80.7 Å². The Kier molecular flexibility index (Phi) is 19.1. The Morgan fingerprint density at radius 2 is 0.907 bits per heavy atom.